The van der Waals surface area contributed by atoms with Crippen molar-refractivity contribution in [2.24, 2.45) is 0 Å². The standard InChI is InChI=1S/C20H22ClN3O2/c1-10-7-14(20(4,5)6)15(21)8-13(10)16-9-17(25)18(11(2)22-16)19-24-23-12(3)26-19/h7-9H,1-6H3,(H,22,25). The summed E-state index contributed by atoms with van der Waals surface area (Å²) in [5, 5.41) is 8.44. The van der Waals surface area contributed by atoms with Crippen molar-refractivity contribution < 1.29 is 4.42 Å². The van der Waals surface area contributed by atoms with Gasteiger partial charge in [0.05, 0.1) is 0 Å². The lowest BCUT2D eigenvalue weighted by atomic mass is 9.85. The quantitative estimate of drug-likeness (QED) is 0.690. The monoisotopic (exact) mass is 371 g/mol. The molecule has 6 heteroatoms. The van der Waals surface area contributed by atoms with E-state index in [0.29, 0.717) is 27.9 Å². The summed E-state index contributed by atoms with van der Waals surface area (Å²) in [4.78, 5) is 16.0. The molecule has 0 aliphatic heterocycles. The number of benzene rings is 1. The highest BCUT2D eigenvalue weighted by atomic mass is 35.5. The zero-order valence-electron chi connectivity index (χ0n) is 15.8. The zero-order chi connectivity index (χ0) is 19.2. The fraction of sp³-hybridized carbons (Fsp3) is 0.350. The first-order valence-electron chi connectivity index (χ1n) is 8.43. The summed E-state index contributed by atoms with van der Waals surface area (Å²) in [6.07, 6.45) is 0. The van der Waals surface area contributed by atoms with E-state index in [1.807, 2.05) is 19.9 Å². The number of rotatable bonds is 2. The molecule has 0 aliphatic carbocycles. The van der Waals surface area contributed by atoms with E-state index >= 15 is 0 Å². The van der Waals surface area contributed by atoms with Gasteiger partial charge in [0.1, 0.15) is 5.56 Å². The third-order valence-electron chi connectivity index (χ3n) is 4.37. The number of pyridine rings is 1. The molecule has 26 heavy (non-hydrogen) atoms. The molecule has 0 amide bonds. The summed E-state index contributed by atoms with van der Waals surface area (Å²) in [7, 11) is 0. The maximum Gasteiger partial charge on any atom is 0.253 e. The molecule has 0 unspecified atom stereocenters. The van der Waals surface area contributed by atoms with Crippen LogP contribution >= 0.6 is 11.6 Å². The maximum absolute atomic E-state index is 12.7. The van der Waals surface area contributed by atoms with Gasteiger partial charge >= 0.3 is 0 Å². The van der Waals surface area contributed by atoms with Crippen LogP contribution in [0.1, 0.15) is 43.5 Å². The number of H-pyrrole nitrogens is 1. The van der Waals surface area contributed by atoms with Crippen LogP contribution in [0.25, 0.3) is 22.7 Å². The van der Waals surface area contributed by atoms with E-state index in [1.54, 1.807) is 13.0 Å². The molecular weight excluding hydrogens is 350 g/mol. The highest BCUT2D eigenvalue weighted by molar-refractivity contribution is 6.31. The Bertz CT molecular complexity index is 1040. The van der Waals surface area contributed by atoms with E-state index in [9.17, 15) is 4.79 Å². The lowest BCUT2D eigenvalue weighted by Gasteiger charge is -2.22. The minimum Gasteiger partial charge on any atom is -0.421 e. The lowest BCUT2D eigenvalue weighted by molar-refractivity contribution is 0.532. The number of hydrogen-bond donors (Lipinski definition) is 1. The first-order valence-corrected chi connectivity index (χ1v) is 8.81. The minimum absolute atomic E-state index is 0.0522. The van der Waals surface area contributed by atoms with Crippen LogP contribution in [-0.2, 0) is 5.41 Å². The van der Waals surface area contributed by atoms with Crippen LogP contribution in [0.15, 0.2) is 27.4 Å². The summed E-state index contributed by atoms with van der Waals surface area (Å²) in [6.45, 7) is 11.9. The van der Waals surface area contributed by atoms with Gasteiger partial charge in [0.25, 0.3) is 5.89 Å². The van der Waals surface area contributed by atoms with Gasteiger partial charge in [-0.25, -0.2) is 0 Å². The van der Waals surface area contributed by atoms with E-state index in [-0.39, 0.29) is 16.7 Å². The van der Waals surface area contributed by atoms with Gasteiger partial charge < -0.3 is 9.40 Å². The van der Waals surface area contributed by atoms with Crippen LogP contribution in [0.2, 0.25) is 5.02 Å². The van der Waals surface area contributed by atoms with Crippen molar-refractivity contribution in [3.8, 4) is 22.7 Å². The van der Waals surface area contributed by atoms with E-state index in [2.05, 4.69) is 42.0 Å². The highest BCUT2D eigenvalue weighted by Crippen LogP contribution is 2.35. The van der Waals surface area contributed by atoms with Gasteiger partial charge in [-0.15, -0.1) is 10.2 Å². The van der Waals surface area contributed by atoms with Gasteiger partial charge in [0.2, 0.25) is 5.89 Å². The average Bonchev–Trinajstić information content (AvgIpc) is 2.93. The van der Waals surface area contributed by atoms with Crippen molar-refractivity contribution in [2.45, 2.75) is 47.0 Å². The Labute approximate surface area is 157 Å². The average molecular weight is 372 g/mol. The number of nitrogens with one attached hydrogen (secondary N) is 1. The molecule has 1 aromatic carbocycles. The van der Waals surface area contributed by atoms with Crippen LogP contribution in [0.5, 0.6) is 0 Å². The van der Waals surface area contributed by atoms with Gasteiger partial charge in [0.15, 0.2) is 5.43 Å². The maximum atomic E-state index is 12.7. The van der Waals surface area contributed by atoms with Gasteiger partial charge in [-0.1, -0.05) is 38.4 Å². The Morgan fingerprint density at radius 2 is 1.77 bits per heavy atom. The lowest BCUT2D eigenvalue weighted by Crippen LogP contribution is -2.13. The summed E-state index contributed by atoms with van der Waals surface area (Å²) < 4.78 is 5.41. The Kier molecular flexibility index (Phi) is 4.53. The van der Waals surface area contributed by atoms with E-state index in [1.165, 1.54) is 0 Å². The third kappa shape index (κ3) is 3.31. The van der Waals surface area contributed by atoms with Crippen molar-refractivity contribution in [1.29, 1.82) is 0 Å². The predicted octanol–water partition coefficient (Wildman–Crippen LogP) is 4.97. The molecule has 0 fully saturated rings. The molecule has 0 spiro atoms. The van der Waals surface area contributed by atoms with Crippen LogP contribution < -0.4 is 5.43 Å². The van der Waals surface area contributed by atoms with Crippen molar-refractivity contribution in [3.05, 3.63) is 56.2 Å². The van der Waals surface area contributed by atoms with Crippen molar-refractivity contribution in [3.63, 3.8) is 0 Å². The number of nitrogens with zero attached hydrogens (tertiary/aromatic N) is 2. The molecule has 0 aliphatic rings. The largest absolute Gasteiger partial charge is 0.421 e. The summed E-state index contributed by atoms with van der Waals surface area (Å²) in [5.41, 5.74) is 4.59. The van der Waals surface area contributed by atoms with Gasteiger partial charge in [-0.2, -0.15) is 0 Å². The zero-order valence-corrected chi connectivity index (χ0v) is 16.6. The Hall–Kier alpha value is -2.40. The molecule has 1 N–H and O–H groups in total. The Balaban J connectivity index is 2.15. The van der Waals surface area contributed by atoms with E-state index < -0.39 is 0 Å². The van der Waals surface area contributed by atoms with Gasteiger partial charge in [-0.3, -0.25) is 4.79 Å². The van der Waals surface area contributed by atoms with Gasteiger partial charge in [-0.05, 0) is 36.5 Å². The molecule has 2 aromatic heterocycles. The number of halogens is 1. The second-order valence-corrected chi connectivity index (χ2v) is 7.98. The molecule has 0 atom stereocenters. The number of hydrogen-bond acceptors (Lipinski definition) is 4. The molecule has 136 valence electrons. The molecule has 3 aromatic rings. The minimum atomic E-state index is -0.171. The normalized spacial score (nSPS) is 11.8. The smallest absolute Gasteiger partial charge is 0.253 e. The van der Waals surface area contributed by atoms with Crippen molar-refractivity contribution in [2.75, 3.05) is 0 Å². The van der Waals surface area contributed by atoms with E-state index in [4.69, 9.17) is 16.0 Å². The van der Waals surface area contributed by atoms with Crippen LogP contribution in [0.3, 0.4) is 0 Å². The summed E-state index contributed by atoms with van der Waals surface area (Å²) >= 11 is 6.52. The molecule has 3 rings (SSSR count). The Morgan fingerprint density at radius 1 is 1.08 bits per heavy atom. The molecule has 5 nitrogen and oxygen atoms in total. The highest BCUT2D eigenvalue weighted by Gasteiger charge is 2.21. The SMILES string of the molecule is Cc1nnc(-c2c(C)[nH]c(-c3cc(Cl)c(C(C)(C)C)cc3C)cc2=O)o1. The second-order valence-electron chi connectivity index (χ2n) is 7.57. The summed E-state index contributed by atoms with van der Waals surface area (Å²) in [5.74, 6) is 0.647. The van der Waals surface area contributed by atoms with Crippen LogP contribution in [-0.4, -0.2) is 15.2 Å². The molecule has 0 saturated heterocycles. The second kappa shape index (κ2) is 6.40. The molecule has 2 heterocycles. The fourth-order valence-corrected chi connectivity index (χ4v) is 3.49. The first kappa shape index (κ1) is 18.4. The van der Waals surface area contributed by atoms with Crippen LogP contribution in [0.4, 0.5) is 0 Å². The first-order chi connectivity index (χ1) is 12.1. The molecule has 0 saturated carbocycles. The third-order valence-corrected chi connectivity index (χ3v) is 4.68. The molecule has 0 radical (unpaired) electrons. The number of aryl methyl sites for hydroxylation is 3. The molecular formula is C20H22ClN3O2. The topological polar surface area (TPSA) is 71.8 Å². The van der Waals surface area contributed by atoms with Gasteiger partial charge in [0, 0.05) is 35.0 Å². The molecule has 0 bridgehead atoms. The van der Waals surface area contributed by atoms with Crippen molar-refractivity contribution in [1.82, 2.24) is 15.2 Å². The predicted molar refractivity (Wildman–Crippen MR) is 104 cm³/mol. The Morgan fingerprint density at radius 3 is 2.31 bits per heavy atom. The number of aromatic amines is 1. The fourth-order valence-electron chi connectivity index (χ4n) is 3.04. The van der Waals surface area contributed by atoms with Crippen LogP contribution in [0, 0.1) is 20.8 Å². The van der Waals surface area contributed by atoms with Crippen molar-refractivity contribution >= 4 is 11.6 Å². The number of aromatic nitrogens is 3. The summed E-state index contributed by atoms with van der Waals surface area (Å²) in [6, 6.07) is 5.55. The van der Waals surface area contributed by atoms with E-state index in [0.717, 1.165) is 16.7 Å².